The zero-order valence-corrected chi connectivity index (χ0v) is 10.4. The van der Waals surface area contributed by atoms with E-state index in [9.17, 15) is 15.0 Å². The summed E-state index contributed by atoms with van der Waals surface area (Å²) in [6.07, 6.45) is 0.407. The van der Waals surface area contributed by atoms with Crippen LogP contribution in [0.1, 0.15) is 24.2 Å². The number of carbonyl (C=O) groups is 1. The summed E-state index contributed by atoms with van der Waals surface area (Å²) in [4.78, 5) is 17.4. The lowest BCUT2D eigenvalue weighted by molar-refractivity contribution is -0.147. The summed E-state index contributed by atoms with van der Waals surface area (Å²) in [6.45, 7) is 3.03. The molecule has 1 fully saturated rings. The quantitative estimate of drug-likeness (QED) is 0.830. The molecule has 1 aromatic rings. The highest BCUT2D eigenvalue weighted by molar-refractivity contribution is 5.73. The number of nitrogens with zero attached hydrogens (tertiary/aromatic N) is 2. The fourth-order valence-electron chi connectivity index (χ4n) is 2.34. The van der Waals surface area contributed by atoms with Crippen LogP contribution in [0.3, 0.4) is 0 Å². The first kappa shape index (κ1) is 13.0. The summed E-state index contributed by atoms with van der Waals surface area (Å²) < 4.78 is 0. The number of aliphatic carboxylic acids is 1. The summed E-state index contributed by atoms with van der Waals surface area (Å²) >= 11 is 0. The summed E-state index contributed by atoms with van der Waals surface area (Å²) in [5.41, 5.74) is 1.80. The third kappa shape index (κ3) is 3.05. The van der Waals surface area contributed by atoms with Crippen LogP contribution in [0.4, 0.5) is 0 Å². The molecule has 0 unspecified atom stereocenters. The fourth-order valence-corrected chi connectivity index (χ4v) is 2.34. The van der Waals surface area contributed by atoms with Crippen LogP contribution < -0.4 is 0 Å². The number of aliphatic hydroxyl groups is 1. The van der Waals surface area contributed by atoms with Crippen LogP contribution in [0.15, 0.2) is 18.2 Å². The van der Waals surface area contributed by atoms with Crippen molar-refractivity contribution >= 4 is 5.97 Å². The van der Waals surface area contributed by atoms with Gasteiger partial charge in [-0.15, -0.1) is 0 Å². The van der Waals surface area contributed by atoms with Crippen LogP contribution in [0.25, 0.3) is 0 Å². The van der Waals surface area contributed by atoms with Gasteiger partial charge in [-0.3, -0.25) is 14.7 Å². The summed E-state index contributed by atoms with van der Waals surface area (Å²) in [5.74, 6) is -0.874. The minimum absolute atomic E-state index is 0.293. The van der Waals surface area contributed by atoms with Gasteiger partial charge in [0.05, 0.1) is 11.8 Å². The van der Waals surface area contributed by atoms with E-state index in [-0.39, 0.29) is 0 Å². The number of pyridine rings is 1. The highest BCUT2D eigenvalue weighted by atomic mass is 16.4. The van der Waals surface area contributed by atoms with Crippen LogP contribution in [0.2, 0.25) is 0 Å². The van der Waals surface area contributed by atoms with Gasteiger partial charge in [-0.05, 0) is 31.9 Å². The molecule has 0 saturated carbocycles. The van der Waals surface area contributed by atoms with Gasteiger partial charge in [0.25, 0.3) is 0 Å². The molecule has 98 valence electrons. The summed E-state index contributed by atoms with van der Waals surface area (Å²) in [5, 5.41) is 18.7. The molecule has 5 nitrogen and oxygen atoms in total. The van der Waals surface area contributed by atoms with Gasteiger partial charge in [0.15, 0.2) is 0 Å². The molecule has 18 heavy (non-hydrogen) atoms. The molecule has 0 aromatic carbocycles. The van der Waals surface area contributed by atoms with Gasteiger partial charge >= 0.3 is 5.97 Å². The summed E-state index contributed by atoms with van der Waals surface area (Å²) in [7, 11) is 0. The lowest BCUT2D eigenvalue weighted by atomic mass is 9.99. The van der Waals surface area contributed by atoms with Crippen molar-refractivity contribution in [2.24, 2.45) is 0 Å². The minimum Gasteiger partial charge on any atom is -0.480 e. The second kappa shape index (κ2) is 5.46. The van der Waals surface area contributed by atoms with Gasteiger partial charge in [0, 0.05) is 18.8 Å². The van der Waals surface area contributed by atoms with Crippen molar-refractivity contribution in [3.8, 4) is 0 Å². The monoisotopic (exact) mass is 250 g/mol. The van der Waals surface area contributed by atoms with Crippen LogP contribution in [0, 0.1) is 6.92 Å². The van der Waals surface area contributed by atoms with Crippen molar-refractivity contribution in [1.82, 2.24) is 9.88 Å². The third-order valence-electron chi connectivity index (χ3n) is 3.28. The first-order valence-electron chi connectivity index (χ1n) is 6.13. The van der Waals surface area contributed by atoms with E-state index >= 15 is 0 Å². The standard InChI is InChI=1S/C13H18N2O3/c1-9-3-2-4-10(14-9)8-15-6-5-11(16)7-12(15)13(17)18/h2-4,11-12,16H,5-8H2,1H3,(H,17,18)/t11-,12+/m0/s1. The Kier molecular flexibility index (Phi) is 3.93. The van der Waals surface area contributed by atoms with Crippen LogP contribution in [0.5, 0.6) is 0 Å². The lowest BCUT2D eigenvalue weighted by Crippen LogP contribution is -2.48. The topological polar surface area (TPSA) is 73.7 Å². The summed E-state index contributed by atoms with van der Waals surface area (Å²) in [6, 6.07) is 5.12. The fraction of sp³-hybridized carbons (Fsp3) is 0.538. The van der Waals surface area contributed by atoms with Gasteiger partial charge in [0.2, 0.25) is 0 Å². The smallest absolute Gasteiger partial charge is 0.321 e. The predicted octanol–water partition coefficient (Wildman–Crippen LogP) is 0.800. The number of likely N-dealkylation sites (tertiary alicyclic amines) is 1. The minimum atomic E-state index is -0.874. The zero-order valence-electron chi connectivity index (χ0n) is 10.4. The average Bonchev–Trinajstić information content (AvgIpc) is 2.31. The molecule has 5 heteroatoms. The van der Waals surface area contributed by atoms with Gasteiger partial charge in [-0.25, -0.2) is 0 Å². The maximum absolute atomic E-state index is 11.2. The predicted molar refractivity (Wildman–Crippen MR) is 66.0 cm³/mol. The van der Waals surface area contributed by atoms with Gasteiger partial charge in [0.1, 0.15) is 6.04 Å². The molecule has 0 amide bonds. The Morgan fingerprint density at radius 3 is 3.00 bits per heavy atom. The van der Waals surface area contributed by atoms with Crippen molar-refractivity contribution < 1.29 is 15.0 Å². The van der Waals surface area contributed by atoms with Crippen LogP contribution in [-0.4, -0.2) is 44.8 Å². The Bertz CT molecular complexity index is 436. The first-order valence-corrected chi connectivity index (χ1v) is 6.13. The highest BCUT2D eigenvalue weighted by Gasteiger charge is 2.32. The van der Waals surface area contributed by atoms with Crippen LogP contribution in [-0.2, 0) is 11.3 Å². The molecule has 1 saturated heterocycles. The number of aromatic nitrogens is 1. The van der Waals surface area contributed by atoms with Crippen LogP contribution >= 0.6 is 0 Å². The molecule has 1 aliphatic heterocycles. The SMILES string of the molecule is Cc1cccc(CN2CC[C@H](O)C[C@@H]2C(=O)O)n1. The Morgan fingerprint density at radius 2 is 2.33 bits per heavy atom. The number of rotatable bonds is 3. The Labute approximate surface area is 106 Å². The zero-order chi connectivity index (χ0) is 13.1. The number of carboxylic acid groups (broad SMARTS) is 1. The molecular weight excluding hydrogens is 232 g/mol. The average molecular weight is 250 g/mol. The number of hydrogen-bond acceptors (Lipinski definition) is 4. The van der Waals surface area contributed by atoms with Gasteiger partial charge in [-0.1, -0.05) is 6.07 Å². The van der Waals surface area contributed by atoms with Gasteiger partial charge in [-0.2, -0.15) is 0 Å². The number of piperidine rings is 1. The second-order valence-electron chi connectivity index (χ2n) is 4.77. The maximum atomic E-state index is 11.2. The number of aryl methyl sites for hydroxylation is 1. The maximum Gasteiger partial charge on any atom is 0.321 e. The van der Waals surface area contributed by atoms with E-state index in [2.05, 4.69) is 4.98 Å². The number of aliphatic hydroxyl groups excluding tert-OH is 1. The first-order chi connectivity index (χ1) is 8.56. The van der Waals surface area contributed by atoms with Crippen molar-refractivity contribution in [2.75, 3.05) is 6.54 Å². The van der Waals surface area contributed by atoms with E-state index in [0.717, 1.165) is 11.4 Å². The van der Waals surface area contributed by atoms with E-state index in [1.165, 1.54) is 0 Å². The van der Waals surface area contributed by atoms with E-state index in [1.807, 2.05) is 30.0 Å². The third-order valence-corrected chi connectivity index (χ3v) is 3.28. The molecule has 2 rings (SSSR count). The largest absolute Gasteiger partial charge is 0.480 e. The Morgan fingerprint density at radius 1 is 1.56 bits per heavy atom. The molecule has 0 spiro atoms. The molecule has 2 N–H and O–H groups in total. The van der Waals surface area contributed by atoms with E-state index in [1.54, 1.807) is 0 Å². The molecular formula is C13H18N2O3. The van der Waals surface area contributed by atoms with E-state index < -0.39 is 18.1 Å². The molecule has 1 aromatic heterocycles. The highest BCUT2D eigenvalue weighted by Crippen LogP contribution is 2.20. The van der Waals surface area contributed by atoms with E-state index in [4.69, 9.17) is 0 Å². The number of carboxylic acids is 1. The number of hydrogen-bond donors (Lipinski definition) is 2. The van der Waals surface area contributed by atoms with Crippen molar-refractivity contribution in [1.29, 1.82) is 0 Å². The molecule has 1 aliphatic rings. The molecule has 0 radical (unpaired) electrons. The molecule has 0 aliphatic carbocycles. The molecule has 2 atom stereocenters. The van der Waals surface area contributed by atoms with Crippen molar-refractivity contribution in [3.63, 3.8) is 0 Å². The normalized spacial score (nSPS) is 25.0. The Hall–Kier alpha value is -1.46. The molecule has 2 heterocycles. The van der Waals surface area contributed by atoms with E-state index in [0.29, 0.717) is 25.9 Å². The molecule has 0 bridgehead atoms. The van der Waals surface area contributed by atoms with Gasteiger partial charge < -0.3 is 10.2 Å². The van der Waals surface area contributed by atoms with Crippen molar-refractivity contribution in [3.05, 3.63) is 29.6 Å². The lowest BCUT2D eigenvalue weighted by Gasteiger charge is -2.35. The van der Waals surface area contributed by atoms with Crippen molar-refractivity contribution in [2.45, 2.75) is 38.5 Å². The second-order valence-corrected chi connectivity index (χ2v) is 4.77. The Balaban J connectivity index is 2.09.